The zero-order chi connectivity index (χ0) is 14.1. The molecule has 3 aromatic rings. The van der Waals surface area contributed by atoms with Crippen molar-refractivity contribution in [3.63, 3.8) is 0 Å². The van der Waals surface area contributed by atoms with Crippen molar-refractivity contribution < 1.29 is 4.74 Å². The van der Waals surface area contributed by atoms with Crippen molar-refractivity contribution in [2.75, 3.05) is 7.11 Å². The highest BCUT2D eigenvalue weighted by Gasteiger charge is 2.12. The van der Waals surface area contributed by atoms with Crippen molar-refractivity contribution in [3.8, 4) is 11.4 Å². The maximum Gasteiger partial charge on any atom is 0.129 e. The second kappa shape index (κ2) is 5.17. The maximum atomic E-state index is 6.05. The summed E-state index contributed by atoms with van der Waals surface area (Å²) in [4.78, 5) is 4.61. The van der Waals surface area contributed by atoms with Crippen LogP contribution in [-0.2, 0) is 5.88 Å². The molecule has 0 aliphatic rings. The van der Waals surface area contributed by atoms with E-state index >= 15 is 0 Å². The van der Waals surface area contributed by atoms with Gasteiger partial charge in [-0.25, -0.2) is 4.98 Å². The third-order valence-corrected chi connectivity index (χ3v) is 3.55. The Kier molecular flexibility index (Phi) is 3.36. The van der Waals surface area contributed by atoms with Crippen molar-refractivity contribution in [2.45, 2.75) is 12.8 Å². The predicted octanol–water partition coefficient (Wildman–Crippen LogP) is 4.08. The lowest BCUT2D eigenvalue weighted by molar-refractivity contribution is 0.414. The SMILES string of the molecule is COc1cccc(-n2c(CCl)nc3cc(C)ccc32)c1. The molecule has 4 heteroatoms. The van der Waals surface area contributed by atoms with Gasteiger partial charge >= 0.3 is 0 Å². The normalized spacial score (nSPS) is 10.9. The zero-order valence-electron chi connectivity index (χ0n) is 11.4. The molecule has 0 aliphatic carbocycles. The molecule has 3 nitrogen and oxygen atoms in total. The molecule has 0 unspecified atom stereocenters. The molecule has 0 N–H and O–H groups in total. The van der Waals surface area contributed by atoms with Crippen molar-refractivity contribution in [1.29, 1.82) is 0 Å². The van der Waals surface area contributed by atoms with E-state index in [1.165, 1.54) is 5.56 Å². The van der Waals surface area contributed by atoms with Gasteiger partial charge in [0.05, 0.1) is 29.7 Å². The quantitative estimate of drug-likeness (QED) is 0.678. The van der Waals surface area contributed by atoms with E-state index in [4.69, 9.17) is 16.3 Å². The van der Waals surface area contributed by atoms with Gasteiger partial charge < -0.3 is 4.74 Å². The zero-order valence-corrected chi connectivity index (χ0v) is 12.2. The van der Waals surface area contributed by atoms with Gasteiger partial charge in [0.1, 0.15) is 11.6 Å². The number of aromatic nitrogens is 2. The van der Waals surface area contributed by atoms with Gasteiger partial charge in [-0.05, 0) is 36.8 Å². The Morgan fingerprint density at radius 1 is 1.20 bits per heavy atom. The lowest BCUT2D eigenvalue weighted by atomic mass is 10.2. The summed E-state index contributed by atoms with van der Waals surface area (Å²) in [6.45, 7) is 2.06. The minimum Gasteiger partial charge on any atom is -0.497 e. The van der Waals surface area contributed by atoms with Crippen LogP contribution >= 0.6 is 11.6 Å². The summed E-state index contributed by atoms with van der Waals surface area (Å²) in [5.74, 6) is 2.02. The lowest BCUT2D eigenvalue weighted by Crippen LogP contribution is -1.99. The molecule has 0 spiro atoms. The van der Waals surface area contributed by atoms with E-state index in [9.17, 15) is 0 Å². The molecule has 0 radical (unpaired) electrons. The first-order valence-electron chi connectivity index (χ1n) is 6.41. The first-order valence-corrected chi connectivity index (χ1v) is 6.95. The van der Waals surface area contributed by atoms with Crippen LogP contribution in [0.5, 0.6) is 5.75 Å². The third kappa shape index (κ3) is 2.14. The highest BCUT2D eigenvalue weighted by Crippen LogP contribution is 2.25. The summed E-state index contributed by atoms with van der Waals surface area (Å²) in [5.41, 5.74) is 4.21. The van der Waals surface area contributed by atoms with Gasteiger partial charge in [-0.3, -0.25) is 4.57 Å². The molecule has 0 aliphatic heterocycles. The van der Waals surface area contributed by atoms with Gasteiger partial charge in [0.2, 0.25) is 0 Å². The van der Waals surface area contributed by atoms with Crippen LogP contribution in [-0.4, -0.2) is 16.7 Å². The van der Waals surface area contributed by atoms with Gasteiger partial charge in [0.15, 0.2) is 0 Å². The number of hydrogen-bond donors (Lipinski definition) is 0. The number of ether oxygens (including phenoxy) is 1. The second-order valence-electron chi connectivity index (χ2n) is 4.69. The Labute approximate surface area is 122 Å². The summed E-state index contributed by atoms with van der Waals surface area (Å²) in [6, 6.07) is 14.1. The van der Waals surface area contributed by atoms with Crippen LogP contribution in [0.25, 0.3) is 16.7 Å². The molecule has 0 saturated carbocycles. The first kappa shape index (κ1) is 13.0. The first-order chi connectivity index (χ1) is 9.72. The number of halogens is 1. The van der Waals surface area contributed by atoms with Gasteiger partial charge in [0.25, 0.3) is 0 Å². The second-order valence-corrected chi connectivity index (χ2v) is 4.96. The minimum absolute atomic E-state index is 0.366. The molecular formula is C16H15ClN2O. The molecular weight excluding hydrogens is 272 g/mol. The number of benzene rings is 2. The van der Waals surface area contributed by atoms with Crippen molar-refractivity contribution >= 4 is 22.6 Å². The Bertz CT molecular complexity index is 764. The summed E-state index contributed by atoms with van der Waals surface area (Å²) in [5, 5.41) is 0. The number of nitrogens with zero attached hydrogens (tertiary/aromatic N) is 2. The molecule has 20 heavy (non-hydrogen) atoms. The summed E-state index contributed by atoms with van der Waals surface area (Å²) in [6.07, 6.45) is 0. The maximum absolute atomic E-state index is 6.05. The fraction of sp³-hybridized carbons (Fsp3) is 0.188. The average molecular weight is 287 g/mol. The molecule has 0 fully saturated rings. The highest BCUT2D eigenvalue weighted by molar-refractivity contribution is 6.17. The van der Waals surface area contributed by atoms with E-state index < -0.39 is 0 Å². The number of alkyl halides is 1. The number of methoxy groups -OCH3 is 1. The molecule has 0 atom stereocenters. The van der Waals surface area contributed by atoms with E-state index in [1.807, 2.05) is 24.3 Å². The third-order valence-electron chi connectivity index (χ3n) is 3.31. The average Bonchev–Trinajstić information content (AvgIpc) is 2.84. The number of aryl methyl sites for hydroxylation is 1. The molecule has 3 rings (SSSR count). The minimum atomic E-state index is 0.366. The monoisotopic (exact) mass is 286 g/mol. The Hall–Kier alpha value is -2.00. The van der Waals surface area contributed by atoms with Crippen molar-refractivity contribution in [1.82, 2.24) is 9.55 Å². The summed E-state index contributed by atoms with van der Waals surface area (Å²) in [7, 11) is 1.66. The molecule has 102 valence electrons. The van der Waals surface area contributed by atoms with E-state index in [0.717, 1.165) is 28.3 Å². The molecule has 0 saturated heterocycles. The largest absolute Gasteiger partial charge is 0.497 e. The van der Waals surface area contributed by atoms with Gasteiger partial charge in [-0.2, -0.15) is 0 Å². The Morgan fingerprint density at radius 3 is 2.80 bits per heavy atom. The number of hydrogen-bond acceptors (Lipinski definition) is 2. The molecule has 2 aromatic carbocycles. The number of fused-ring (bicyclic) bond motifs is 1. The standard InChI is InChI=1S/C16H15ClN2O/c1-11-6-7-15-14(8-11)18-16(10-17)19(15)12-4-3-5-13(9-12)20-2/h3-9H,10H2,1-2H3. The fourth-order valence-electron chi connectivity index (χ4n) is 2.37. The summed E-state index contributed by atoms with van der Waals surface area (Å²) >= 11 is 6.05. The van der Waals surface area contributed by atoms with E-state index in [0.29, 0.717) is 5.88 Å². The van der Waals surface area contributed by atoms with Gasteiger partial charge in [0, 0.05) is 6.07 Å². The Balaban J connectivity index is 2.28. The molecule has 0 amide bonds. The van der Waals surface area contributed by atoms with Crippen LogP contribution in [0.3, 0.4) is 0 Å². The van der Waals surface area contributed by atoms with Gasteiger partial charge in [-0.15, -0.1) is 11.6 Å². The number of rotatable bonds is 3. The van der Waals surface area contributed by atoms with Crippen LogP contribution < -0.4 is 4.74 Å². The van der Waals surface area contributed by atoms with Crippen LogP contribution in [0.2, 0.25) is 0 Å². The highest BCUT2D eigenvalue weighted by atomic mass is 35.5. The van der Waals surface area contributed by atoms with Crippen LogP contribution in [0, 0.1) is 6.92 Å². The van der Waals surface area contributed by atoms with E-state index in [2.05, 4.69) is 34.7 Å². The molecule has 0 bridgehead atoms. The van der Waals surface area contributed by atoms with Crippen LogP contribution in [0.4, 0.5) is 0 Å². The predicted molar refractivity (Wildman–Crippen MR) is 81.9 cm³/mol. The van der Waals surface area contributed by atoms with Crippen molar-refractivity contribution in [3.05, 3.63) is 53.9 Å². The summed E-state index contributed by atoms with van der Waals surface area (Å²) < 4.78 is 7.36. The Morgan fingerprint density at radius 2 is 2.05 bits per heavy atom. The topological polar surface area (TPSA) is 27.1 Å². The smallest absolute Gasteiger partial charge is 0.129 e. The fourth-order valence-corrected chi connectivity index (χ4v) is 2.55. The van der Waals surface area contributed by atoms with E-state index in [1.54, 1.807) is 7.11 Å². The van der Waals surface area contributed by atoms with E-state index in [-0.39, 0.29) is 0 Å². The van der Waals surface area contributed by atoms with Crippen molar-refractivity contribution in [2.24, 2.45) is 0 Å². The molecule has 1 aromatic heterocycles. The number of imidazole rings is 1. The van der Waals surface area contributed by atoms with Crippen LogP contribution in [0.1, 0.15) is 11.4 Å². The molecule has 1 heterocycles. The lowest BCUT2D eigenvalue weighted by Gasteiger charge is -2.09. The van der Waals surface area contributed by atoms with Gasteiger partial charge in [-0.1, -0.05) is 12.1 Å². The van der Waals surface area contributed by atoms with Crippen LogP contribution in [0.15, 0.2) is 42.5 Å².